The molecule has 0 amide bonds. The van der Waals surface area contributed by atoms with Crippen molar-refractivity contribution in [1.29, 1.82) is 0 Å². The number of ketones is 1. The van der Waals surface area contributed by atoms with E-state index in [9.17, 15) is 4.79 Å². The number of rotatable bonds is 0. The van der Waals surface area contributed by atoms with Crippen molar-refractivity contribution in [3.63, 3.8) is 0 Å². The highest BCUT2D eigenvalue weighted by atomic mass is 35.5. The van der Waals surface area contributed by atoms with E-state index in [-0.39, 0.29) is 17.6 Å². The number of hydrogen-bond acceptors (Lipinski definition) is 1. The van der Waals surface area contributed by atoms with Crippen molar-refractivity contribution < 1.29 is 4.79 Å². The largest absolute Gasteiger partial charge is 0.296 e. The van der Waals surface area contributed by atoms with Gasteiger partial charge in [-0.1, -0.05) is 40.4 Å². The summed E-state index contributed by atoms with van der Waals surface area (Å²) in [5.74, 6) is -0.117. The Kier molecular flexibility index (Phi) is 2.10. The van der Waals surface area contributed by atoms with E-state index in [1.54, 1.807) is 0 Å². The minimum atomic E-state index is -1.18. The van der Waals surface area contributed by atoms with Gasteiger partial charge in [-0.25, -0.2) is 0 Å². The van der Waals surface area contributed by atoms with Crippen LogP contribution in [0, 0.1) is 11.8 Å². The second-order valence-electron chi connectivity index (χ2n) is 4.29. The van der Waals surface area contributed by atoms with Crippen LogP contribution in [0.25, 0.3) is 0 Å². The zero-order chi connectivity index (χ0) is 10.7. The molecule has 2 atom stereocenters. The van der Waals surface area contributed by atoms with Gasteiger partial charge in [0.25, 0.3) is 0 Å². The summed E-state index contributed by atoms with van der Waals surface area (Å²) in [6, 6.07) is 0. The number of fused-ring (bicyclic) bond motifs is 1. The Morgan fingerprint density at radius 2 is 2.00 bits per heavy atom. The van der Waals surface area contributed by atoms with Crippen LogP contribution < -0.4 is 0 Å². The van der Waals surface area contributed by atoms with Crippen LogP contribution in [0.1, 0.15) is 20.8 Å². The quantitative estimate of drug-likeness (QED) is 0.585. The highest BCUT2D eigenvalue weighted by Crippen LogP contribution is 2.58. The molecule has 14 heavy (non-hydrogen) atoms. The van der Waals surface area contributed by atoms with Crippen LogP contribution in [0.15, 0.2) is 22.8 Å². The zero-order valence-corrected chi connectivity index (χ0v) is 9.91. The highest BCUT2D eigenvalue weighted by molar-refractivity contribution is 6.61. The Bertz CT molecular complexity index is 373. The van der Waals surface area contributed by atoms with Crippen molar-refractivity contribution in [3.05, 3.63) is 22.8 Å². The van der Waals surface area contributed by atoms with E-state index in [0.717, 1.165) is 11.1 Å². The van der Waals surface area contributed by atoms with Crippen LogP contribution >= 0.6 is 23.2 Å². The molecule has 2 unspecified atom stereocenters. The van der Waals surface area contributed by atoms with Gasteiger partial charge in [-0.15, -0.1) is 0 Å². The molecule has 0 heterocycles. The van der Waals surface area contributed by atoms with Gasteiger partial charge in [0.1, 0.15) is 0 Å². The molecule has 0 spiro atoms. The second-order valence-corrected chi connectivity index (χ2v) is 5.67. The molecule has 3 heteroatoms. The third-order valence-electron chi connectivity index (χ3n) is 3.12. The first-order chi connectivity index (χ1) is 6.37. The molecule has 0 aromatic carbocycles. The Morgan fingerprint density at radius 1 is 1.43 bits per heavy atom. The first-order valence-corrected chi connectivity index (χ1v) is 5.40. The van der Waals surface area contributed by atoms with E-state index in [2.05, 4.69) is 6.08 Å². The smallest absolute Gasteiger partial charge is 0.184 e. The molecule has 0 saturated heterocycles. The predicted molar refractivity (Wildman–Crippen MR) is 58.6 cm³/mol. The monoisotopic (exact) mass is 230 g/mol. The number of allylic oxidation sites excluding steroid dienone is 4. The molecule has 0 aromatic heterocycles. The van der Waals surface area contributed by atoms with Gasteiger partial charge < -0.3 is 0 Å². The first kappa shape index (κ1) is 10.3. The van der Waals surface area contributed by atoms with Crippen LogP contribution in [0.2, 0.25) is 0 Å². The predicted octanol–water partition coefficient (Wildman–Crippen LogP) is 3.27. The fourth-order valence-corrected chi connectivity index (χ4v) is 3.21. The van der Waals surface area contributed by atoms with E-state index in [1.807, 2.05) is 20.8 Å². The summed E-state index contributed by atoms with van der Waals surface area (Å²) >= 11 is 11.9. The SMILES string of the molecule is CC1=CC(=C(C)C)C2C(=O)C(Cl)(Cl)C12. The summed E-state index contributed by atoms with van der Waals surface area (Å²) in [5.41, 5.74) is 3.40. The average Bonchev–Trinajstić information content (AvgIpc) is 2.40. The summed E-state index contributed by atoms with van der Waals surface area (Å²) in [6.07, 6.45) is 2.05. The summed E-state index contributed by atoms with van der Waals surface area (Å²) in [5, 5.41) is 0. The highest BCUT2D eigenvalue weighted by Gasteiger charge is 2.63. The number of alkyl halides is 2. The molecule has 0 N–H and O–H groups in total. The zero-order valence-electron chi connectivity index (χ0n) is 8.40. The van der Waals surface area contributed by atoms with Crippen molar-refractivity contribution >= 4 is 29.0 Å². The molecule has 0 bridgehead atoms. The minimum absolute atomic E-state index is 0.00299. The van der Waals surface area contributed by atoms with Crippen LogP contribution in [0.4, 0.5) is 0 Å². The molecule has 0 aromatic rings. The van der Waals surface area contributed by atoms with E-state index >= 15 is 0 Å². The number of carbonyl (C=O) groups excluding carboxylic acids is 1. The Labute approximate surface area is 93.8 Å². The number of Topliss-reactive ketones (excluding diaryl/α,β-unsaturated/α-hetero) is 1. The van der Waals surface area contributed by atoms with Crippen molar-refractivity contribution in [2.45, 2.75) is 25.1 Å². The molecule has 1 nitrogen and oxygen atoms in total. The number of carbonyl (C=O) groups is 1. The minimum Gasteiger partial charge on any atom is -0.296 e. The molecule has 2 rings (SSSR count). The Balaban J connectivity index is 2.46. The molecule has 0 aliphatic heterocycles. The lowest BCUT2D eigenvalue weighted by Gasteiger charge is -2.43. The van der Waals surface area contributed by atoms with Crippen LogP contribution in [0.5, 0.6) is 0 Å². The summed E-state index contributed by atoms with van der Waals surface area (Å²) in [6.45, 7) is 6.01. The molecular weight excluding hydrogens is 219 g/mol. The average molecular weight is 231 g/mol. The summed E-state index contributed by atoms with van der Waals surface area (Å²) in [7, 11) is 0. The van der Waals surface area contributed by atoms with Crippen molar-refractivity contribution in [2.24, 2.45) is 11.8 Å². The maximum absolute atomic E-state index is 11.7. The van der Waals surface area contributed by atoms with Crippen molar-refractivity contribution in [1.82, 2.24) is 0 Å². The number of hydrogen-bond donors (Lipinski definition) is 0. The lowest BCUT2D eigenvalue weighted by atomic mass is 9.69. The fourth-order valence-electron chi connectivity index (χ4n) is 2.37. The lowest BCUT2D eigenvalue weighted by molar-refractivity contribution is -0.131. The van der Waals surface area contributed by atoms with Gasteiger partial charge in [-0.2, -0.15) is 0 Å². The molecule has 1 saturated carbocycles. The van der Waals surface area contributed by atoms with Crippen molar-refractivity contribution in [3.8, 4) is 0 Å². The van der Waals surface area contributed by atoms with Gasteiger partial charge in [0, 0.05) is 5.92 Å². The van der Waals surface area contributed by atoms with E-state index in [0.29, 0.717) is 0 Å². The Morgan fingerprint density at radius 3 is 2.50 bits per heavy atom. The normalized spacial score (nSPS) is 33.6. The topological polar surface area (TPSA) is 17.1 Å². The fraction of sp³-hybridized carbons (Fsp3) is 0.545. The Hall–Kier alpha value is -0.270. The lowest BCUT2D eigenvalue weighted by Crippen LogP contribution is -2.55. The van der Waals surface area contributed by atoms with E-state index < -0.39 is 4.33 Å². The van der Waals surface area contributed by atoms with Gasteiger partial charge in [-0.05, 0) is 26.3 Å². The van der Waals surface area contributed by atoms with Gasteiger partial charge in [0.2, 0.25) is 0 Å². The van der Waals surface area contributed by atoms with Crippen LogP contribution in [-0.4, -0.2) is 10.1 Å². The molecule has 2 aliphatic carbocycles. The van der Waals surface area contributed by atoms with Gasteiger partial charge in [-0.3, -0.25) is 4.79 Å². The van der Waals surface area contributed by atoms with E-state index in [4.69, 9.17) is 23.2 Å². The first-order valence-electron chi connectivity index (χ1n) is 4.65. The molecule has 1 fully saturated rings. The third kappa shape index (κ3) is 1.06. The molecule has 76 valence electrons. The molecular formula is C11H12Cl2O. The summed E-state index contributed by atoms with van der Waals surface area (Å²) < 4.78 is -1.18. The van der Waals surface area contributed by atoms with Gasteiger partial charge in [0.15, 0.2) is 10.1 Å². The maximum atomic E-state index is 11.7. The van der Waals surface area contributed by atoms with Crippen molar-refractivity contribution in [2.75, 3.05) is 0 Å². The second kappa shape index (κ2) is 2.86. The van der Waals surface area contributed by atoms with E-state index in [1.165, 1.54) is 5.57 Å². The standard InChI is InChI=1S/C11H12Cl2O/c1-5(2)7-4-6(3)9-8(7)10(14)11(9,12)13/h4,8-9H,1-3H3. The maximum Gasteiger partial charge on any atom is 0.184 e. The number of halogens is 2. The van der Waals surface area contributed by atoms with Crippen LogP contribution in [0.3, 0.4) is 0 Å². The third-order valence-corrected chi connectivity index (χ3v) is 3.96. The van der Waals surface area contributed by atoms with Gasteiger partial charge in [0.05, 0.1) is 5.92 Å². The molecule has 0 radical (unpaired) electrons. The van der Waals surface area contributed by atoms with Crippen LogP contribution in [-0.2, 0) is 4.79 Å². The van der Waals surface area contributed by atoms with Gasteiger partial charge >= 0.3 is 0 Å². The summed E-state index contributed by atoms with van der Waals surface area (Å²) in [4.78, 5) is 11.7. The molecule has 2 aliphatic rings.